The van der Waals surface area contributed by atoms with E-state index in [2.05, 4.69) is 4.98 Å². The molecule has 0 atom stereocenters. The van der Waals surface area contributed by atoms with Gasteiger partial charge in [-0.05, 0) is 12.1 Å². The Morgan fingerprint density at radius 3 is 2.93 bits per heavy atom. The Kier molecular flexibility index (Phi) is 3.30. The first-order valence-corrected chi connectivity index (χ1v) is 3.81. The third-order valence-electron chi connectivity index (χ3n) is 1.50. The van der Waals surface area contributed by atoms with Gasteiger partial charge in [-0.1, -0.05) is 6.08 Å². The number of rotatable bonds is 3. The van der Waals surface area contributed by atoms with Gasteiger partial charge in [-0.25, -0.2) is 9.18 Å². The van der Waals surface area contributed by atoms with Crippen molar-refractivity contribution < 1.29 is 19.4 Å². The van der Waals surface area contributed by atoms with Gasteiger partial charge in [0, 0.05) is 0 Å². The lowest BCUT2D eigenvalue weighted by Crippen LogP contribution is -2.02. The molecule has 0 aliphatic heterocycles. The smallest absolute Gasteiger partial charge is 0.338 e. The van der Waals surface area contributed by atoms with Gasteiger partial charge in [0.1, 0.15) is 0 Å². The van der Waals surface area contributed by atoms with Crippen LogP contribution >= 0.6 is 0 Å². The zero-order valence-corrected chi connectivity index (χ0v) is 7.14. The maximum Gasteiger partial charge on any atom is 0.338 e. The molecule has 0 aromatic carbocycles. The van der Waals surface area contributed by atoms with Crippen LogP contribution in [0, 0.1) is 5.82 Å². The third-order valence-corrected chi connectivity index (χ3v) is 1.50. The summed E-state index contributed by atoms with van der Waals surface area (Å²) in [5, 5.41) is 17.0. The molecule has 74 valence electrons. The molecule has 0 saturated carbocycles. The molecule has 0 unspecified atom stereocenters. The van der Waals surface area contributed by atoms with Gasteiger partial charge in [-0.3, -0.25) is 4.98 Å². The molecule has 1 rings (SSSR count). The Morgan fingerprint density at radius 1 is 1.64 bits per heavy atom. The fourth-order valence-electron chi connectivity index (χ4n) is 0.883. The maximum absolute atomic E-state index is 12.8. The minimum Gasteiger partial charge on any atom is -0.478 e. The second-order valence-electron chi connectivity index (χ2n) is 2.48. The average molecular weight is 197 g/mol. The molecule has 0 aliphatic carbocycles. The molecule has 1 aromatic heterocycles. The number of nitrogens with zero attached hydrogens (tertiary/aromatic N) is 1. The van der Waals surface area contributed by atoms with Crippen molar-refractivity contribution in [1.29, 1.82) is 0 Å². The van der Waals surface area contributed by atoms with Gasteiger partial charge in [-0.2, -0.15) is 0 Å². The summed E-state index contributed by atoms with van der Waals surface area (Å²) in [6.07, 6.45) is 3.62. The number of halogens is 1. The van der Waals surface area contributed by atoms with Crippen LogP contribution in [0.25, 0.3) is 6.08 Å². The molecule has 5 heteroatoms. The van der Waals surface area contributed by atoms with Crippen LogP contribution in [0.2, 0.25) is 0 Å². The molecule has 1 heterocycles. The van der Waals surface area contributed by atoms with E-state index in [4.69, 9.17) is 10.2 Å². The second kappa shape index (κ2) is 4.48. The monoisotopic (exact) mass is 197 g/mol. The number of aromatic carboxylic acids is 1. The van der Waals surface area contributed by atoms with Crippen LogP contribution in [0.4, 0.5) is 4.39 Å². The van der Waals surface area contributed by atoms with Gasteiger partial charge in [0.2, 0.25) is 0 Å². The van der Waals surface area contributed by atoms with E-state index >= 15 is 0 Å². The van der Waals surface area contributed by atoms with Crippen molar-refractivity contribution in [3.63, 3.8) is 0 Å². The minimum atomic E-state index is -1.34. The van der Waals surface area contributed by atoms with Crippen molar-refractivity contribution in [2.75, 3.05) is 6.61 Å². The molecular weight excluding hydrogens is 189 g/mol. The number of aliphatic hydroxyl groups excluding tert-OH is 1. The van der Waals surface area contributed by atoms with Crippen molar-refractivity contribution in [2.45, 2.75) is 0 Å². The highest BCUT2D eigenvalue weighted by Crippen LogP contribution is 2.08. The molecule has 2 N–H and O–H groups in total. The number of hydrogen-bond acceptors (Lipinski definition) is 3. The first-order chi connectivity index (χ1) is 6.65. The summed E-state index contributed by atoms with van der Waals surface area (Å²) in [5.41, 5.74) is -0.143. The van der Waals surface area contributed by atoms with E-state index in [-0.39, 0.29) is 12.3 Å². The summed E-state index contributed by atoms with van der Waals surface area (Å²) in [4.78, 5) is 14.1. The fourth-order valence-corrected chi connectivity index (χ4v) is 0.883. The number of carboxylic acids is 1. The predicted molar refractivity (Wildman–Crippen MR) is 47.3 cm³/mol. The summed E-state index contributed by atoms with van der Waals surface area (Å²) in [7, 11) is 0. The molecule has 4 nitrogen and oxygen atoms in total. The minimum absolute atomic E-state index is 0.179. The lowest BCUT2D eigenvalue weighted by atomic mass is 10.2. The van der Waals surface area contributed by atoms with E-state index in [1.165, 1.54) is 12.2 Å². The van der Waals surface area contributed by atoms with Crippen LogP contribution in [-0.4, -0.2) is 27.8 Å². The zero-order chi connectivity index (χ0) is 10.6. The van der Waals surface area contributed by atoms with Crippen LogP contribution in [0.1, 0.15) is 16.1 Å². The van der Waals surface area contributed by atoms with Crippen LogP contribution in [0.3, 0.4) is 0 Å². The first kappa shape index (κ1) is 10.3. The Hall–Kier alpha value is -1.75. The zero-order valence-electron chi connectivity index (χ0n) is 7.14. The van der Waals surface area contributed by atoms with Gasteiger partial charge in [0.25, 0.3) is 0 Å². The first-order valence-electron chi connectivity index (χ1n) is 3.81. The number of aromatic nitrogens is 1. The lowest BCUT2D eigenvalue weighted by Gasteiger charge is -1.97. The van der Waals surface area contributed by atoms with E-state index in [0.717, 1.165) is 12.3 Å². The van der Waals surface area contributed by atoms with Gasteiger partial charge >= 0.3 is 5.97 Å². The molecule has 0 bridgehead atoms. The van der Waals surface area contributed by atoms with Crippen LogP contribution in [-0.2, 0) is 0 Å². The van der Waals surface area contributed by atoms with Crippen LogP contribution in [0.15, 0.2) is 18.3 Å². The highest BCUT2D eigenvalue weighted by Gasteiger charge is 2.10. The SMILES string of the molecule is O=C(O)c1cc(C=CCO)ncc1F. The van der Waals surface area contributed by atoms with Gasteiger partial charge in [0.15, 0.2) is 5.82 Å². The number of pyridine rings is 1. The van der Waals surface area contributed by atoms with Crippen molar-refractivity contribution in [3.05, 3.63) is 35.4 Å². The van der Waals surface area contributed by atoms with E-state index in [0.29, 0.717) is 0 Å². The van der Waals surface area contributed by atoms with Gasteiger partial charge in [0.05, 0.1) is 24.1 Å². The quantitative estimate of drug-likeness (QED) is 0.756. The molecule has 0 spiro atoms. The van der Waals surface area contributed by atoms with E-state index in [1.54, 1.807) is 0 Å². The fraction of sp³-hybridized carbons (Fsp3) is 0.111. The van der Waals surface area contributed by atoms with Crippen molar-refractivity contribution in [3.8, 4) is 0 Å². The third kappa shape index (κ3) is 2.37. The highest BCUT2D eigenvalue weighted by atomic mass is 19.1. The Labute approximate surface area is 79.3 Å². The normalized spacial score (nSPS) is 10.7. The number of aliphatic hydroxyl groups is 1. The second-order valence-corrected chi connectivity index (χ2v) is 2.48. The summed E-state index contributed by atoms with van der Waals surface area (Å²) < 4.78 is 12.8. The van der Waals surface area contributed by atoms with Gasteiger partial charge in [-0.15, -0.1) is 0 Å². The number of carboxylic acid groups (broad SMARTS) is 1. The van der Waals surface area contributed by atoms with E-state index < -0.39 is 17.3 Å². The summed E-state index contributed by atoms with van der Waals surface area (Å²) in [6.45, 7) is -0.179. The van der Waals surface area contributed by atoms with Crippen LogP contribution < -0.4 is 0 Å². The maximum atomic E-state index is 12.8. The van der Waals surface area contributed by atoms with Crippen molar-refractivity contribution in [1.82, 2.24) is 4.98 Å². The molecule has 1 aromatic rings. The van der Waals surface area contributed by atoms with Crippen molar-refractivity contribution >= 4 is 12.0 Å². The molecule has 0 radical (unpaired) electrons. The Balaban J connectivity index is 3.06. The van der Waals surface area contributed by atoms with Crippen molar-refractivity contribution in [2.24, 2.45) is 0 Å². The highest BCUT2D eigenvalue weighted by molar-refractivity contribution is 5.88. The topological polar surface area (TPSA) is 70.4 Å². The average Bonchev–Trinajstić information content (AvgIpc) is 2.16. The molecule has 0 amide bonds. The summed E-state index contributed by atoms with van der Waals surface area (Å²) in [6, 6.07) is 1.10. The predicted octanol–water partition coefficient (Wildman–Crippen LogP) is 0.924. The van der Waals surface area contributed by atoms with Gasteiger partial charge < -0.3 is 10.2 Å². The molecule has 0 fully saturated rings. The summed E-state index contributed by atoms with van der Waals surface area (Å²) in [5.74, 6) is -2.22. The molecule has 0 aliphatic rings. The standard InChI is InChI=1S/C9H8FNO3/c10-8-5-11-6(2-1-3-12)4-7(8)9(13)14/h1-2,4-5,12H,3H2,(H,13,14). The number of carbonyl (C=O) groups is 1. The summed E-state index contributed by atoms with van der Waals surface area (Å²) >= 11 is 0. The molecule has 0 saturated heterocycles. The molecule has 14 heavy (non-hydrogen) atoms. The molecular formula is C9H8FNO3. The van der Waals surface area contributed by atoms with E-state index in [1.807, 2.05) is 0 Å². The van der Waals surface area contributed by atoms with Crippen LogP contribution in [0.5, 0.6) is 0 Å². The Morgan fingerprint density at radius 2 is 2.36 bits per heavy atom. The lowest BCUT2D eigenvalue weighted by molar-refractivity contribution is 0.0691. The largest absolute Gasteiger partial charge is 0.478 e. The Bertz CT molecular complexity index is 376. The van der Waals surface area contributed by atoms with E-state index in [9.17, 15) is 9.18 Å². The number of hydrogen-bond donors (Lipinski definition) is 2.